The summed E-state index contributed by atoms with van der Waals surface area (Å²) < 4.78 is 24.0. The molecule has 0 spiro atoms. The number of hydrogen-bond acceptors (Lipinski definition) is 6. The molecule has 2 aliphatic rings. The van der Waals surface area contributed by atoms with Crippen molar-refractivity contribution >= 4 is 8.80 Å². The molecule has 0 aromatic heterocycles. The highest BCUT2D eigenvalue weighted by molar-refractivity contribution is 6.60. The molecular weight excluding hydrogens is 288 g/mol. The smallest absolute Gasteiger partial charge is 0.379 e. The van der Waals surface area contributed by atoms with E-state index in [4.69, 9.17) is 18.0 Å². The maximum atomic E-state index is 6.29. The Kier molecular flexibility index (Phi) is 6.61. The van der Waals surface area contributed by atoms with Crippen molar-refractivity contribution in [1.29, 1.82) is 0 Å². The van der Waals surface area contributed by atoms with Crippen LogP contribution >= 0.6 is 0 Å². The van der Waals surface area contributed by atoms with Crippen molar-refractivity contribution in [2.24, 2.45) is 0 Å². The highest BCUT2D eigenvalue weighted by atomic mass is 28.4. The van der Waals surface area contributed by atoms with E-state index in [0.717, 1.165) is 45.3 Å². The van der Waals surface area contributed by atoms with Gasteiger partial charge >= 0.3 is 8.80 Å². The monoisotopic (exact) mass is 318 g/mol. The standard InChI is InChI=1S/C14H30N2O4Si/c1-13-10-16(7-6-15(2)3)11-14-12-18-8-5-9-21(17-4,19-13)20-14/h13-14H,5-12H2,1-4H3. The van der Waals surface area contributed by atoms with Crippen LogP contribution in [0.2, 0.25) is 6.04 Å². The summed E-state index contributed by atoms with van der Waals surface area (Å²) in [5, 5.41) is 0. The Labute approximate surface area is 129 Å². The summed E-state index contributed by atoms with van der Waals surface area (Å²) in [4.78, 5) is 4.61. The van der Waals surface area contributed by atoms with Gasteiger partial charge in [0.05, 0.1) is 18.8 Å². The summed E-state index contributed by atoms with van der Waals surface area (Å²) in [6.45, 7) is 7.39. The van der Waals surface area contributed by atoms with E-state index in [-0.39, 0.29) is 12.2 Å². The van der Waals surface area contributed by atoms with Gasteiger partial charge in [0.1, 0.15) is 0 Å². The number of hydrogen-bond donors (Lipinski definition) is 0. The van der Waals surface area contributed by atoms with E-state index in [2.05, 4.69) is 30.8 Å². The van der Waals surface area contributed by atoms with Crippen LogP contribution in [0.3, 0.4) is 0 Å². The molecule has 3 unspecified atom stereocenters. The Morgan fingerprint density at radius 3 is 2.81 bits per heavy atom. The van der Waals surface area contributed by atoms with Gasteiger partial charge in [-0.1, -0.05) is 0 Å². The summed E-state index contributed by atoms with van der Waals surface area (Å²) >= 11 is 0. The van der Waals surface area contributed by atoms with Gasteiger partial charge in [0.25, 0.3) is 0 Å². The summed E-state index contributed by atoms with van der Waals surface area (Å²) in [6, 6.07) is 0.849. The molecule has 0 radical (unpaired) electrons. The first kappa shape index (κ1) is 17.3. The molecule has 0 aromatic carbocycles. The van der Waals surface area contributed by atoms with Crippen LogP contribution in [-0.2, 0) is 18.0 Å². The predicted octanol–water partition coefficient (Wildman–Crippen LogP) is 0.660. The van der Waals surface area contributed by atoms with Crippen LogP contribution in [0.4, 0.5) is 0 Å². The molecule has 124 valence electrons. The molecule has 6 nitrogen and oxygen atoms in total. The van der Waals surface area contributed by atoms with Crippen molar-refractivity contribution in [3.8, 4) is 0 Å². The highest BCUT2D eigenvalue weighted by Crippen LogP contribution is 2.25. The zero-order valence-electron chi connectivity index (χ0n) is 13.8. The molecule has 2 heterocycles. The maximum absolute atomic E-state index is 6.29. The lowest BCUT2D eigenvalue weighted by atomic mass is 10.3. The Morgan fingerprint density at radius 1 is 1.29 bits per heavy atom. The maximum Gasteiger partial charge on any atom is 0.501 e. The fraction of sp³-hybridized carbons (Fsp3) is 1.00. The van der Waals surface area contributed by atoms with Crippen molar-refractivity contribution in [3.63, 3.8) is 0 Å². The fourth-order valence-corrected chi connectivity index (χ4v) is 5.52. The lowest BCUT2D eigenvalue weighted by molar-refractivity contribution is -0.0661. The van der Waals surface area contributed by atoms with Crippen molar-refractivity contribution in [2.45, 2.75) is 31.6 Å². The average Bonchev–Trinajstić information content (AvgIpc) is 2.38. The summed E-state index contributed by atoms with van der Waals surface area (Å²) in [7, 11) is 3.40. The predicted molar refractivity (Wildman–Crippen MR) is 83.4 cm³/mol. The molecule has 3 atom stereocenters. The molecule has 2 aliphatic heterocycles. The van der Waals surface area contributed by atoms with Gasteiger partial charge in [-0.25, -0.2) is 0 Å². The molecule has 0 aliphatic carbocycles. The Bertz CT molecular complexity index is 321. The van der Waals surface area contributed by atoms with Crippen molar-refractivity contribution in [1.82, 2.24) is 9.80 Å². The zero-order chi connectivity index (χ0) is 15.3. The van der Waals surface area contributed by atoms with Gasteiger partial charge in [-0.15, -0.1) is 0 Å². The number of fused-ring (bicyclic) bond motifs is 2. The molecule has 2 saturated heterocycles. The number of likely N-dealkylation sites (N-methyl/N-ethyl adjacent to an activating group) is 1. The molecular formula is C14H30N2O4Si. The molecule has 7 heteroatoms. The Hall–Kier alpha value is -0.0231. The van der Waals surface area contributed by atoms with Gasteiger partial charge in [0.15, 0.2) is 0 Å². The second-order valence-electron chi connectivity index (χ2n) is 6.30. The molecule has 0 amide bonds. The van der Waals surface area contributed by atoms with Crippen LogP contribution in [-0.4, -0.2) is 91.4 Å². The van der Waals surface area contributed by atoms with Gasteiger partial charge in [-0.2, -0.15) is 0 Å². The summed E-state index contributed by atoms with van der Waals surface area (Å²) in [6.07, 6.45) is 1.13. The van der Waals surface area contributed by atoms with Gasteiger partial charge in [-0.3, -0.25) is 4.90 Å². The van der Waals surface area contributed by atoms with Crippen LogP contribution in [0, 0.1) is 0 Å². The number of nitrogens with zero attached hydrogens (tertiary/aromatic N) is 2. The van der Waals surface area contributed by atoms with Gasteiger partial charge in [0.2, 0.25) is 0 Å². The lowest BCUT2D eigenvalue weighted by Gasteiger charge is -2.41. The van der Waals surface area contributed by atoms with Crippen LogP contribution in [0.5, 0.6) is 0 Å². The van der Waals surface area contributed by atoms with Crippen molar-refractivity contribution in [3.05, 3.63) is 0 Å². The van der Waals surface area contributed by atoms with E-state index in [1.54, 1.807) is 7.11 Å². The lowest BCUT2D eigenvalue weighted by Crippen LogP contribution is -2.58. The SMILES string of the molecule is CO[Si]12CCCOCC(CN(CCN(C)C)CC(C)O1)O2. The van der Waals surface area contributed by atoms with E-state index >= 15 is 0 Å². The quantitative estimate of drug-likeness (QED) is 0.710. The Morgan fingerprint density at radius 2 is 2.10 bits per heavy atom. The van der Waals surface area contributed by atoms with E-state index in [9.17, 15) is 0 Å². The fourth-order valence-electron chi connectivity index (χ4n) is 2.92. The normalized spacial score (nSPS) is 35.9. The topological polar surface area (TPSA) is 43.4 Å². The van der Waals surface area contributed by atoms with Crippen LogP contribution in [0.25, 0.3) is 0 Å². The van der Waals surface area contributed by atoms with E-state index < -0.39 is 8.80 Å². The van der Waals surface area contributed by atoms with Crippen LogP contribution < -0.4 is 0 Å². The van der Waals surface area contributed by atoms with Crippen molar-refractivity contribution < 1.29 is 18.0 Å². The minimum Gasteiger partial charge on any atom is -0.379 e. The van der Waals surface area contributed by atoms with Gasteiger partial charge in [-0.05, 0) is 27.4 Å². The Balaban J connectivity index is 2.04. The van der Waals surface area contributed by atoms with Crippen LogP contribution in [0.15, 0.2) is 0 Å². The van der Waals surface area contributed by atoms with E-state index in [1.165, 1.54) is 0 Å². The van der Waals surface area contributed by atoms with Crippen molar-refractivity contribution in [2.75, 3.05) is 60.6 Å². The first-order chi connectivity index (χ1) is 10.0. The second kappa shape index (κ2) is 8.01. The summed E-state index contributed by atoms with van der Waals surface area (Å²) in [5.74, 6) is 0. The second-order valence-corrected chi connectivity index (χ2v) is 9.04. The molecule has 0 N–H and O–H groups in total. The minimum atomic E-state index is -2.53. The largest absolute Gasteiger partial charge is 0.501 e. The van der Waals surface area contributed by atoms with Gasteiger partial charge in [0, 0.05) is 45.9 Å². The van der Waals surface area contributed by atoms with E-state index in [0.29, 0.717) is 6.61 Å². The summed E-state index contributed by atoms with van der Waals surface area (Å²) in [5.41, 5.74) is 0. The molecule has 2 bridgehead atoms. The average molecular weight is 318 g/mol. The van der Waals surface area contributed by atoms with E-state index in [1.807, 2.05) is 0 Å². The number of ether oxygens (including phenoxy) is 1. The van der Waals surface area contributed by atoms with Gasteiger partial charge < -0.3 is 22.9 Å². The molecule has 2 fully saturated rings. The number of rotatable bonds is 4. The minimum absolute atomic E-state index is 0.0478. The first-order valence-corrected chi connectivity index (χ1v) is 9.82. The van der Waals surface area contributed by atoms with Crippen LogP contribution in [0.1, 0.15) is 13.3 Å². The molecule has 0 aromatic rings. The zero-order valence-corrected chi connectivity index (χ0v) is 14.8. The highest BCUT2D eigenvalue weighted by Gasteiger charge is 2.46. The molecule has 0 saturated carbocycles. The third-order valence-corrected chi connectivity index (χ3v) is 7.00. The molecule has 2 rings (SSSR count). The first-order valence-electron chi connectivity index (χ1n) is 7.88. The third-order valence-electron chi connectivity index (χ3n) is 3.95. The molecule has 21 heavy (non-hydrogen) atoms. The third kappa shape index (κ3) is 5.28.